The summed E-state index contributed by atoms with van der Waals surface area (Å²) in [5, 5.41) is 0. The minimum absolute atomic E-state index is 0.0594. The normalized spacial score (nSPS) is 13.7. The van der Waals surface area contributed by atoms with Gasteiger partial charge < -0.3 is 10.6 Å². The quantitative estimate of drug-likeness (QED) is 0.772. The van der Waals surface area contributed by atoms with E-state index in [4.69, 9.17) is 5.73 Å². The number of hydrogen-bond donors (Lipinski definition) is 1. The minimum atomic E-state index is -4.79. The fraction of sp³-hybridized carbons (Fsp3) is 0.889. The Hall–Kier alpha value is -0.780. The highest BCUT2D eigenvalue weighted by atomic mass is 19.4. The Kier molecular flexibility index (Phi) is 5.64. The number of carbonyl (C=O) groups is 1. The molecule has 3 nitrogen and oxygen atoms in total. The summed E-state index contributed by atoms with van der Waals surface area (Å²) in [7, 11) is 0. The van der Waals surface area contributed by atoms with Crippen molar-refractivity contribution in [3.63, 3.8) is 0 Å². The summed E-state index contributed by atoms with van der Waals surface area (Å²) in [5.41, 5.74) is 5.21. The molecule has 0 aliphatic carbocycles. The maximum atomic E-state index is 12.2. The zero-order valence-electron chi connectivity index (χ0n) is 8.97. The molecular formula is C9H17F3N2O. The molecule has 0 fully saturated rings. The van der Waals surface area contributed by atoms with Crippen LogP contribution in [0.15, 0.2) is 0 Å². The van der Waals surface area contributed by atoms with Gasteiger partial charge in [0.1, 0.15) is 0 Å². The van der Waals surface area contributed by atoms with Crippen molar-refractivity contribution in [2.24, 2.45) is 5.73 Å². The van der Waals surface area contributed by atoms with Crippen LogP contribution in [0.2, 0.25) is 0 Å². The van der Waals surface area contributed by atoms with Gasteiger partial charge in [-0.2, -0.15) is 13.2 Å². The number of hydrogen-bond acceptors (Lipinski definition) is 2. The molecule has 6 heteroatoms. The molecule has 15 heavy (non-hydrogen) atoms. The number of nitrogens with zero attached hydrogens (tertiary/aromatic N) is 1. The van der Waals surface area contributed by atoms with Gasteiger partial charge in [0.05, 0.1) is 0 Å². The summed E-state index contributed by atoms with van der Waals surface area (Å²) in [5.74, 6) is -1.77. The Morgan fingerprint density at radius 3 is 2.33 bits per heavy atom. The SMILES string of the molecule is CCC(C)N(CCCN)C(=O)C(F)(F)F. The topological polar surface area (TPSA) is 46.3 Å². The molecule has 0 saturated heterocycles. The third-order valence-electron chi connectivity index (χ3n) is 2.23. The first-order valence-electron chi connectivity index (χ1n) is 4.92. The van der Waals surface area contributed by atoms with Crippen LogP contribution in [0.3, 0.4) is 0 Å². The van der Waals surface area contributed by atoms with Crippen LogP contribution in [0.1, 0.15) is 26.7 Å². The van der Waals surface area contributed by atoms with Gasteiger partial charge in [0.25, 0.3) is 0 Å². The van der Waals surface area contributed by atoms with E-state index < -0.39 is 18.1 Å². The van der Waals surface area contributed by atoms with Crippen LogP contribution >= 0.6 is 0 Å². The molecule has 2 N–H and O–H groups in total. The number of nitrogens with two attached hydrogens (primary N) is 1. The minimum Gasteiger partial charge on any atom is -0.332 e. The second kappa shape index (κ2) is 5.95. The van der Waals surface area contributed by atoms with Crippen molar-refractivity contribution >= 4 is 5.91 Å². The molecule has 0 bridgehead atoms. The molecule has 0 aromatic rings. The molecule has 1 amide bonds. The van der Waals surface area contributed by atoms with Crippen LogP contribution in [-0.2, 0) is 4.79 Å². The van der Waals surface area contributed by atoms with Gasteiger partial charge >= 0.3 is 12.1 Å². The summed E-state index contributed by atoms with van der Waals surface area (Å²) < 4.78 is 36.6. The van der Waals surface area contributed by atoms with Crippen LogP contribution < -0.4 is 5.73 Å². The molecule has 0 aliphatic rings. The van der Waals surface area contributed by atoms with E-state index in [9.17, 15) is 18.0 Å². The summed E-state index contributed by atoms with van der Waals surface area (Å²) >= 11 is 0. The number of rotatable bonds is 5. The van der Waals surface area contributed by atoms with Crippen molar-refractivity contribution in [3.05, 3.63) is 0 Å². The Labute approximate surface area is 87.4 Å². The number of alkyl halides is 3. The fourth-order valence-electron chi connectivity index (χ4n) is 1.17. The monoisotopic (exact) mass is 226 g/mol. The molecule has 1 atom stereocenters. The highest BCUT2D eigenvalue weighted by Crippen LogP contribution is 2.20. The molecule has 0 rings (SSSR count). The van der Waals surface area contributed by atoms with Crippen molar-refractivity contribution < 1.29 is 18.0 Å². The molecule has 1 unspecified atom stereocenters. The molecule has 0 heterocycles. The molecule has 0 aliphatic heterocycles. The zero-order chi connectivity index (χ0) is 12.1. The van der Waals surface area contributed by atoms with Crippen LogP contribution in [0.4, 0.5) is 13.2 Å². The summed E-state index contributed by atoms with van der Waals surface area (Å²) in [6, 6.07) is -0.411. The van der Waals surface area contributed by atoms with Gasteiger partial charge in [-0.25, -0.2) is 0 Å². The molecule has 0 aromatic carbocycles. The van der Waals surface area contributed by atoms with E-state index in [1.54, 1.807) is 13.8 Å². The molecule has 0 radical (unpaired) electrons. The molecule has 0 aromatic heterocycles. The molecule has 90 valence electrons. The lowest BCUT2D eigenvalue weighted by Gasteiger charge is -2.29. The van der Waals surface area contributed by atoms with Gasteiger partial charge in [0.2, 0.25) is 0 Å². The van der Waals surface area contributed by atoms with Crippen LogP contribution in [0.5, 0.6) is 0 Å². The standard InChI is InChI=1S/C9H17F3N2O/c1-3-7(2)14(6-4-5-13)8(15)9(10,11)12/h7H,3-6,13H2,1-2H3. The Bertz CT molecular complexity index is 206. The van der Waals surface area contributed by atoms with Crippen molar-refractivity contribution in [2.45, 2.75) is 38.9 Å². The van der Waals surface area contributed by atoms with Gasteiger partial charge in [-0.05, 0) is 26.3 Å². The second-order valence-electron chi connectivity index (χ2n) is 3.40. The van der Waals surface area contributed by atoms with Crippen LogP contribution in [0.25, 0.3) is 0 Å². The van der Waals surface area contributed by atoms with Crippen molar-refractivity contribution in [1.29, 1.82) is 0 Å². The third-order valence-corrected chi connectivity index (χ3v) is 2.23. The first kappa shape index (κ1) is 14.2. The van der Waals surface area contributed by atoms with Crippen LogP contribution in [0, 0.1) is 0 Å². The average molecular weight is 226 g/mol. The van der Waals surface area contributed by atoms with E-state index in [1.165, 1.54) is 0 Å². The lowest BCUT2D eigenvalue weighted by molar-refractivity contribution is -0.187. The molecular weight excluding hydrogens is 209 g/mol. The van der Waals surface area contributed by atoms with E-state index in [0.717, 1.165) is 4.90 Å². The largest absolute Gasteiger partial charge is 0.471 e. The van der Waals surface area contributed by atoms with Gasteiger partial charge in [0, 0.05) is 12.6 Å². The van der Waals surface area contributed by atoms with E-state index in [2.05, 4.69) is 0 Å². The maximum Gasteiger partial charge on any atom is 0.471 e. The fourth-order valence-corrected chi connectivity index (χ4v) is 1.17. The van der Waals surface area contributed by atoms with E-state index in [1.807, 2.05) is 0 Å². The lowest BCUT2D eigenvalue weighted by atomic mass is 10.2. The Morgan fingerprint density at radius 2 is 2.00 bits per heavy atom. The van der Waals surface area contributed by atoms with Gasteiger partial charge in [-0.3, -0.25) is 4.79 Å². The van der Waals surface area contributed by atoms with Crippen molar-refractivity contribution in [1.82, 2.24) is 4.90 Å². The lowest BCUT2D eigenvalue weighted by Crippen LogP contribution is -2.46. The van der Waals surface area contributed by atoms with Gasteiger partial charge in [-0.15, -0.1) is 0 Å². The van der Waals surface area contributed by atoms with Crippen molar-refractivity contribution in [3.8, 4) is 0 Å². The van der Waals surface area contributed by atoms with E-state index in [0.29, 0.717) is 12.8 Å². The second-order valence-corrected chi connectivity index (χ2v) is 3.40. The first-order chi connectivity index (χ1) is 6.84. The predicted molar refractivity (Wildman–Crippen MR) is 51.2 cm³/mol. The number of carbonyl (C=O) groups excluding carboxylic acids is 1. The van der Waals surface area contributed by atoms with Gasteiger partial charge in [0.15, 0.2) is 0 Å². The molecule has 0 saturated carbocycles. The maximum absolute atomic E-state index is 12.2. The Morgan fingerprint density at radius 1 is 1.47 bits per heavy atom. The molecule has 0 spiro atoms. The zero-order valence-corrected chi connectivity index (χ0v) is 8.97. The summed E-state index contributed by atoms with van der Waals surface area (Å²) in [6.07, 6.45) is -3.92. The summed E-state index contributed by atoms with van der Waals surface area (Å²) in [4.78, 5) is 11.9. The third kappa shape index (κ3) is 4.51. The number of amides is 1. The predicted octanol–water partition coefficient (Wildman–Crippen LogP) is 1.52. The van der Waals surface area contributed by atoms with E-state index >= 15 is 0 Å². The highest BCUT2D eigenvalue weighted by Gasteiger charge is 2.43. The average Bonchev–Trinajstić information content (AvgIpc) is 2.16. The van der Waals surface area contributed by atoms with Gasteiger partial charge in [-0.1, -0.05) is 6.92 Å². The van der Waals surface area contributed by atoms with Crippen LogP contribution in [-0.4, -0.2) is 36.1 Å². The number of halogens is 3. The van der Waals surface area contributed by atoms with Crippen molar-refractivity contribution in [2.75, 3.05) is 13.1 Å². The first-order valence-corrected chi connectivity index (χ1v) is 4.92. The summed E-state index contributed by atoms with van der Waals surface area (Å²) in [6.45, 7) is 3.67. The Balaban J connectivity index is 4.55. The smallest absolute Gasteiger partial charge is 0.332 e. The highest BCUT2D eigenvalue weighted by molar-refractivity contribution is 5.82. The van der Waals surface area contributed by atoms with E-state index in [-0.39, 0.29) is 13.1 Å².